The van der Waals surface area contributed by atoms with Gasteiger partial charge < -0.3 is 4.90 Å². The Balaban J connectivity index is 1.57. The van der Waals surface area contributed by atoms with Crippen molar-refractivity contribution in [1.29, 1.82) is 0 Å². The molecule has 0 N–H and O–H groups in total. The summed E-state index contributed by atoms with van der Waals surface area (Å²) in [5, 5.41) is 2.12. The topological polar surface area (TPSA) is 46.1 Å². The zero-order valence-corrected chi connectivity index (χ0v) is 14.9. The summed E-state index contributed by atoms with van der Waals surface area (Å²) >= 11 is 1.80. The Morgan fingerprint density at radius 3 is 2.96 bits per heavy atom. The number of rotatable bonds is 4. The normalized spacial score (nSPS) is 17.8. The number of nitrogens with zero attached hydrogens (tertiary/aromatic N) is 3. The van der Waals surface area contributed by atoms with E-state index in [1.165, 1.54) is 11.3 Å². The van der Waals surface area contributed by atoms with Gasteiger partial charge in [0.1, 0.15) is 5.52 Å². The molecular formula is C20H21N3OS. The highest BCUT2D eigenvalue weighted by atomic mass is 32.1. The SMILES string of the molecule is O=C(c1cccc2nccnc12)N1CCCCC1CCc1cccs1. The van der Waals surface area contributed by atoms with E-state index in [1.54, 1.807) is 23.7 Å². The summed E-state index contributed by atoms with van der Waals surface area (Å²) in [4.78, 5) is 25.4. The van der Waals surface area contributed by atoms with Crippen molar-refractivity contribution in [3.63, 3.8) is 0 Å². The molecule has 1 unspecified atom stereocenters. The summed E-state index contributed by atoms with van der Waals surface area (Å²) in [6.07, 6.45) is 8.77. The van der Waals surface area contributed by atoms with Crippen LogP contribution in [0.5, 0.6) is 0 Å². The summed E-state index contributed by atoms with van der Waals surface area (Å²) in [5.41, 5.74) is 2.16. The number of carbonyl (C=O) groups excluding carboxylic acids is 1. The molecule has 4 nitrogen and oxygen atoms in total. The Hall–Kier alpha value is -2.27. The number of thiophene rings is 1. The predicted octanol–water partition coefficient (Wildman–Crippen LogP) is 4.32. The van der Waals surface area contributed by atoms with Crippen molar-refractivity contribution >= 4 is 28.3 Å². The van der Waals surface area contributed by atoms with Gasteiger partial charge in [0.25, 0.3) is 5.91 Å². The van der Waals surface area contributed by atoms with E-state index in [-0.39, 0.29) is 5.91 Å². The number of piperidine rings is 1. The van der Waals surface area contributed by atoms with Crippen LogP contribution in [0.25, 0.3) is 11.0 Å². The van der Waals surface area contributed by atoms with E-state index in [4.69, 9.17) is 0 Å². The van der Waals surface area contributed by atoms with E-state index in [2.05, 4.69) is 32.4 Å². The molecule has 1 aliphatic rings. The van der Waals surface area contributed by atoms with Crippen LogP contribution in [0.15, 0.2) is 48.1 Å². The van der Waals surface area contributed by atoms with Gasteiger partial charge in [0, 0.05) is 29.9 Å². The summed E-state index contributed by atoms with van der Waals surface area (Å²) in [7, 11) is 0. The first-order chi connectivity index (χ1) is 12.3. The van der Waals surface area contributed by atoms with Crippen molar-refractivity contribution in [3.8, 4) is 0 Å². The third kappa shape index (κ3) is 3.42. The molecule has 25 heavy (non-hydrogen) atoms. The van der Waals surface area contributed by atoms with Crippen molar-refractivity contribution in [3.05, 3.63) is 58.5 Å². The van der Waals surface area contributed by atoms with Crippen molar-refractivity contribution < 1.29 is 4.79 Å². The Kier molecular flexibility index (Phi) is 4.74. The fraction of sp³-hybridized carbons (Fsp3) is 0.350. The lowest BCUT2D eigenvalue weighted by atomic mass is 9.96. The minimum Gasteiger partial charge on any atom is -0.336 e. The van der Waals surface area contributed by atoms with E-state index in [0.717, 1.165) is 37.7 Å². The summed E-state index contributed by atoms with van der Waals surface area (Å²) in [6.45, 7) is 0.838. The molecule has 1 atom stereocenters. The lowest BCUT2D eigenvalue weighted by Gasteiger charge is -2.36. The lowest BCUT2D eigenvalue weighted by Crippen LogP contribution is -2.44. The van der Waals surface area contributed by atoms with Crippen LogP contribution in [0.2, 0.25) is 0 Å². The number of para-hydroxylation sites is 1. The second-order valence-corrected chi connectivity index (χ2v) is 7.53. The molecule has 1 saturated heterocycles. The molecule has 4 rings (SSSR count). The highest BCUT2D eigenvalue weighted by Crippen LogP contribution is 2.26. The second kappa shape index (κ2) is 7.31. The molecule has 1 fully saturated rings. The van der Waals surface area contributed by atoms with Crippen LogP contribution in [0.3, 0.4) is 0 Å². The van der Waals surface area contributed by atoms with Crippen LogP contribution >= 0.6 is 11.3 Å². The highest BCUT2D eigenvalue weighted by molar-refractivity contribution is 7.09. The number of benzene rings is 1. The van der Waals surface area contributed by atoms with Crippen LogP contribution in [0.1, 0.15) is 40.9 Å². The van der Waals surface area contributed by atoms with Crippen molar-refractivity contribution in [2.75, 3.05) is 6.54 Å². The second-order valence-electron chi connectivity index (χ2n) is 6.50. The number of fused-ring (bicyclic) bond motifs is 1. The number of aromatic nitrogens is 2. The van der Waals surface area contributed by atoms with Gasteiger partial charge in [-0.1, -0.05) is 12.1 Å². The van der Waals surface area contributed by atoms with E-state index in [9.17, 15) is 4.79 Å². The molecule has 3 heterocycles. The maximum absolute atomic E-state index is 13.2. The molecule has 0 radical (unpaired) electrons. The average molecular weight is 351 g/mol. The molecule has 0 saturated carbocycles. The molecule has 128 valence electrons. The van der Waals surface area contributed by atoms with Crippen LogP contribution in [-0.4, -0.2) is 33.4 Å². The molecule has 1 aliphatic heterocycles. The third-order valence-electron chi connectivity index (χ3n) is 4.92. The van der Waals surface area contributed by atoms with Gasteiger partial charge in [-0.3, -0.25) is 14.8 Å². The fourth-order valence-electron chi connectivity index (χ4n) is 3.65. The number of carbonyl (C=O) groups is 1. The van der Waals surface area contributed by atoms with E-state index in [0.29, 0.717) is 17.1 Å². The molecule has 0 aliphatic carbocycles. The maximum atomic E-state index is 13.2. The van der Waals surface area contributed by atoms with Gasteiger partial charge in [0.2, 0.25) is 0 Å². The fourth-order valence-corrected chi connectivity index (χ4v) is 4.38. The number of hydrogen-bond acceptors (Lipinski definition) is 4. The molecule has 3 aromatic rings. The largest absolute Gasteiger partial charge is 0.336 e. The van der Waals surface area contributed by atoms with Gasteiger partial charge in [-0.05, 0) is 55.7 Å². The number of hydrogen-bond donors (Lipinski definition) is 0. The zero-order valence-electron chi connectivity index (χ0n) is 14.1. The first-order valence-electron chi connectivity index (χ1n) is 8.86. The summed E-state index contributed by atoms with van der Waals surface area (Å²) < 4.78 is 0. The molecule has 5 heteroatoms. The molecule has 0 bridgehead atoms. The van der Waals surface area contributed by atoms with Crippen LogP contribution in [-0.2, 0) is 6.42 Å². The van der Waals surface area contributed by atoms with Gasteiger partial charge >= 0.3 is 0 Å². The lowest BCUT2D eigenvalue weighted by molar-refractivity contribution is 0.0604. The Bertz CT molecular complexity index is 857. The average Bonchev–Trinajstić information content (AvgIpc) is 3.19. The Morgan fingerprint density at radius 1 is 1.16 bits per heavy atom. The maximum Gasteiger partial charge on any atom is 0.256 e. The quantitative estimate of drug-likeness (QED) is 0.703. The van der Waals surface area contributed by atoms with Crippen molar-refractivity contribution in [1.82, 2.24) is 14.9 Å². The smallest absolute Gasteiger partial charge is 0.256 e. The molecule has 1 amide bonds. The third-order valence-corrected chi connectivity index (χ3v) is 5.86. The predicted molar refractivity (Wildman–Crippen MR) is 101 cm³/mol. The molecule has 1 aromatic carbocycles. The van der Waals surface area contributed by atoms with E-state index in [1.807, 2.05) is 18.2 Å². The molecule has 0 spiro atoms. The van der Waals surface area contributed by atoms with Gasteiger partial charge in [-0.25, -0.2) is 0 Å². The van der Waals surface area contributed by atoms with Gasteiger partial charge in [0.15, 0.2) is 0 Å². The summed E-state index contributed by atoms with van der Waals surface area (Å²) in [5.74, 6) is 0.0991. The zero-order chi connectivity index (χ0) is 17.1. The van der Waals surface area contributed by atoms with Crippen LogP contribution in [0.4, 0.5) is 0 Å². The number of likely N-dealkylation sites (tertiary alicyclic amines) is 1. The Morgan fingerprint density at radius 2 is 2.08 bits per heavy atom. The standard InChI is InChI=1S/C20H21N3OS/c24-20(17-7-3-8-18-19(17)22-12-11-21-18)23-13-2-1-5-15(23)9-10-16-6-4-14-25-16/h3-4,6-8,11-12,14-15H,1-2,5,9-10,13H2. The highest BCUT2D eigenvalue weighted by Gasteiger charge is 2.28. The van der Waals surface area contributed by atoms with Crippen LogP contribution < -0.4 is 0 Å². The van der Waals surface area contributed by atoms with Crippen LogP contribution in [0, 0.1) is 0 Å². The van der Waals surface area contributed by atoms with E-state index < -0.39 is 0 Å². The monoisotopic (exact) mass is 351 g/mol. The van der Waals surface area contributed by atoms with Crippen molar-refractivity contribution in [2.24, 2.45) is 0 Å². The molecular weight excluding hydrogens is 330 g/mol. The first kappa shape index (κ1) is 16.2. The van der Waals surface area contributed by atoms with Gasteiger partial charge in [-0.15, -0.1) is 11.3 Å². The Labute approximate surface area is 151 Å². The number of amides is 1. The number of aryl methyl sites for hydroxylation is 1. The molecule has 2 aromatic heterocycles. The minimum atomic E-state index is 0.0991. The first-order valence-corrected chi connectivity index (χ1v) is 9.74. The van der Waals surface area contributed by atoms with Crippen molar-refractivity contribution in [2.45, 2.75) is 38.1 Å². The minimum absolute atomic E-state index is 0.0991. The van der Waals surface area contributed by atoms with E-state index >= 15 is 0 Å². The van der Waals surface area contributed by atoms with Gasteiger partial charge in [-0.2, -0.15) is 0 Å². The van der Waals surface area contributed by atoms with Gasteiger partial charge in [0.05, 0.1) is 11.1 Å². The summed E-state index contributed by atoms with van der Waals surface area (Å²) in [6, 6.07) is 10.3.